The highest BCUT2D eigenvalue weighted by Crippen LogP contribution is 2.33. The lowest BCUT2D eigenvalue weighted by Gasteiger charge is -2.20. The Labute approximate surface area is 128 Å². The number of carbonyl (C=O) groups excluding carboxylic acids is 1. The molecule has 5 nitrogen and oxygen atoms in total. The highest BCUT2D eigenvalue weighted by molar-refractivity contribution is 7.18. The van der Waals surface area contributed by atoms with Crippen molar-refractivity contribution in [2.24, 2.45) is 0 Å². The van der Waals surface area contributed by atoms with E-state index >= 15 is 0 Å². The standard InChI is InChI=1S/C15H19N3O2S/c1-3-18(10-11-7-5-6-8-17-11)13-9-12(16)14(21-13)15(19)20-4-2/h5-9H,3-4,10,16H2,1-2H3. The minimum atomic E-state index is -0.361. The number of hydrogen-bond acceptors (Lipinski definition) is 6. The van der Waals surface area contributed by atoms with Crippen molar-refractivity contribution >= 4 is 28.0 Å². The van der Waals surface area contributed by atoms with Gasteiger partial charge in [-0.1, -0.05) is 6.07 Å². The Kier molecular flexibility index (Phi) is 5.16. The summed E-state index contributed by atoms with van der Waals surface area (Å²) in [7, 11) is 0. The Balaban J connectivity index is 2.19. The summed E-state index contributed by atoms with van der Waals surface area (Å²) in [4.78, 5) is 18.7. The topological polar surface area (TPSA) is 68.5 Å². The van der Waals surface area contributed by atoms with Crippen LogP contribution in [0.15, 0.2) is 30.5 Å². The summed E-state index contributed by atoms with van der Waals surface area (Å²) < 4.78 is 5.01. The molecule has 6 heteroatoms. The molecular formula is C15H19N3O2S. The van der Waals surface area contributed by atoms with Crippen LogP contribution in [0.3, 0.4) is 0 Å². The normalized spacial score (nSPS) is 10.4. The molecule has 0 aromatic carbocycles. The van der Waals surface area contributed by atoms with Gasteiger partial charge in [0, 0.05) is 12.7 Å². The Morgan fingerprint density at radius 3 is 2.86 bits per heavy atom. The molecule has 2 rings (SSSR count). The number of nitrogen functional groups attached to an aromatic ring is 1. The molecule has 0 aliphatic carbocycles. The Morgan fingerprint density at radius 1 is 1.43 bits per heavy atom. The number of aromatic nitrogens is 1. The monoisotopic (exact) mass is 305 g/mol. The average Bonchev–Trinajstić information content (AvgIpc) is 2.88. The smallest absolute Gasteiger partial charge is 0.350 e. The van der Waals surface area contributed by atoms with Gasteiger partial charge in [-0.05, 0) is 32.0 Å². The summed E-state index contributed by atoms with van der Waals surface area (Å²) in [6.45, 7) is 5.67. The van der Waals surface area contributed by atoms with Crippen molar-refractivity contribution in [2.45, 2.75) is 20.4 Å². The minimum absolute atomic E-state index is 0.344. The van der Waals surface area contributed by atoms with Crippen LogP contribution in [0.2, 0.25) is 0 Å². The second kappa shape index (κ2) is 7.08. The van der Waals surface area contributed by atoms with Gasteiger partial charge in [-0.3, -0.25) is 4.98 Å². The molecule has 2 heterocycles. The van der Waals surface area contributed by atoms with E-state index in [0.717, 1.165) is 17.2 Å². The summed E-state index contributed by atoms with van der Waals surface area (Å²) in [5, 5.41) is 0.948. The number of ether oxygens (including phenoxy) is 1. The van der Waals surface area contributed by atoms with E-state index in [2.05, 4.69) is 16.8 Å². The molecular weight excluding hydrogens is 286 g/mol. The number of thiophene rings is 1. The molecule has 112 valence electrons. The van der Waals surface area contributed by atoms with Gasteiger partial charge in [0.05, 0.1) is 29.5 Å². The zero-order valence-corrected chi connectivity index (χ0v) is 13.0. The van der Waals surface area contributed by atoms with E-state index in [0.29, 0.717) is 23.7 Å². The second-order valence-electron chi connectivity index (χ2n) is 4.42. The zero-order chi connectivity index (χ0) is 15.2. The Bertz CT molecular complexity index is 598. The molecule has 0 aliphatic rings. The number of pyridine rings is 1. The number of hydrogen-bond donors (Lipinski definition) is 1. The highest BCUT2D eigenvalue weighted by Gasteiger charge is 2.18. The number of esters is 1. The summed E-state index contributed by atoms with van der Waals surface area (Å²) in [5.41, 5.74) is 7.37. The van der Waals surface area contributed by atoms with Gasteiger partial charge in [0.1, 0.15) is 4.88 Å². The third-order valence-corrected chi connectivity index (χ3v) is 4.17. The molecule has 2 N–H and O–H groups in total. The van der Waals surface area contributed by atoms with E-state index in [1.165, 1.54) is 11.3 Å². The molecule has 0 radical (unpaired) electrons. The molecule has 0 atom stereocenters. The Hall–Kier alpha value is -2.08. The van der Waals surface area contributed by atoms with Crippen molar-refractivity contribution in [1.82, 2.24) is 4.98 Å². The largest absolute Gasteiger partial charge is 0.462 e. The molecule has 0 amide bonds. The van der Waals surface area contributed by atoms with Crippen LogP contribution in [0, 0.1) is 0 Å². The van der Waals surface area contributed by atoms with Crippen LogP contribution in [0.25, 0.3) is 0 Å². The lowest BCUT2D eigenvalue weighted by Crippen LogP contribution is -2.21. The van der Waals surface area contributed by atoms with E-state index in [9.17, 15) is 4.79 Å². The van der Waals surface area contributed by atoms with Crippen molar-refractivity contribution in [1.29, 1.82) is 0 Å². The molecule has 0 fully saturated rings. The van der Waals surface area contributed by atoms with Crippen LogP contribution in [0.4, 0.5) is 10.7 Å². The average molecular weight is 305 g/mol. The maximum Gasteiger partial charge on any atom is 0.350 e. The molecule has 0 saturated heterocycles. The first-order chi connectivity index (χ1) is 10.2. The molecule has 21 heavy (non-hydrogen) atoms. The van der Waals surface area contributed by atoms with Crippen molar-refractivity contribution < 1.29 is 9.53 Å². The van der Waals surface area contributed by atoms with Crippen LogP contribution in [-0.4, -0.2) is 24.1 Å². The number of anilines is 2. The van der Waals surface area contributed by atoms with Crippen molar-refractivity contribution in [3.63, 3.8) is 0 Å². The van der Waals surface area contributed by atoms with Crippen molar-refractivity contribution in [2.75, 3.05) is 23.8 Å². The third kappa shape index (κ3) is 3.72. The first kappa shape index (κ1) is 15.3. The van der Waals surface area contributed by atoms with Crippen LogP contribution in [0.5, 0.6) is 0 Å². The van der Waals surface area contributed by atoms with Crippen molar-refractivity contribution in [3.8, 4) is 0 Å². The van der Waals surface area contributed by atoms with Crippen LogP contribution in [0.1, 0.15) is 29.2 Å². The van der Waals surface area contributed by atoms with E-state index in [1.807, 2.05) is 24.3 Å². The lowest BCUT2D eigenvalue weighted by molar-refractivity contribution is 0.0533. The fraction of sp³-hybridized carbons (Fsp3) is 0.333. The van der Waals surface area contributed by atoms with Crippen LogP contribution in [-0.2, 0) is 11.3 Å². The second-order valence-corrected chi connectivity index (χ2v) is 5.46. The molecule has 0 unspecified atom stereocenters. The van der Waals surface area contributed by atoms with E-state index < -0.39 is 0 Å². The molecule has 0 spiro atoms. The predicted molar refractivity (Wildman–Crippen MR) is 85.6 cm³/mol. The number of carbonyl (C=O) groups is 1. The van der Waals surface area contributed by atoms with Gasteiger partial charge in [-0.25, -0.2) is 4.79 Å². The maximum absolute atomic E-state index is 11.8. The molecule has 0 saturated carbocycles. The van der Waals surface area contributed by atoms with E-state index in [4.69, 9.17) is 10.5 Å². The SMILES string of the molecule is CCOC(=O)c1sc(N(CC)Cc2ccccn2)cc1N. The maximum atomic E-state index is 11.8. The van der Waals surface area contributed by atoms with Gasteiger partial charge < -0.3 is 15.4 Å². The molecule has 0 aliphatic heterocycles. The summed E-state index contributed by atoms with van der Waals surface area (Å²) in [6.07, 6.45) is 1.77. The van der Waals surface area contributed by atoms with Gasteiger partial charge in [-0.2, -0.15) is 0 Å². The number of nitrogens with two attached hydrogens (primary N) is 1. The van der Waals surface area contributed by atoms with Gasteiger partial charge in [0.15, 0.2) is 0 Å². The predicted octanol–water partition coefficient (Wildman–Crippen LogP) is 2.93. The fourth-order valence-electron chi connectivity index (χ4n) is 1.94. The van der Waals surface area contributed by atoms with E-state index in [1.54, 1.807) is 13.1 Å². The van der Waals surface area contributed by atoms with E-state index in [-0.39, 0.29) is 5.97 Å². The molecule has 0 bridgehead atoms. The van der Waals surface area contributed by atoms with Gasteiger partial charge in [0.2, 0.25) is 0 Å². The van der Waals surface area contributed by atoms with Crippen LogP contribution < -0.4 is 10.6 Å². The van der Waals surface area contributed by atoms with Crippen LogP contribution >= 0.6 is 11.3 Å². The zero-order valence-electron chi connectivity index (χ0n) is 12.2. The number of nitrogens with zero attached hydrogens (tertiary/aromatic N) is 2. The first-order valence-corrected chi connectivity index (χ1v) is 7.68. The quantitative estimate of drug-likeness (QED) is 0.831. The summed E-state index contributed by atoms with van der Waals surface area (Å²) >= 11 is 1.36. The summed E-state index contributed by atoms with van der Waals surface area (Å²) in [6, 6.07) is 7.65. The Morgan fingerprint density at radius 2 is 2.24 bits per heavy atom. The molecule has 2 aromatic rings. The van der Waals surface area contributed by atoms with Crippen molar-refractivity contribution in [3.05, 3.63) is 41.0 Å². The fourth-order valence-corrected chi connectivity index (χ4v) is 2.97. The molecule has 2 aromatic heterocycles. The third-order valence-electron chi connectivity index (χ3n) is 2.98. The minimum Gasteiger partial charge on any atom is -0.462 e. The lowest BCUT2D eigenvalue weighted by atomic mass is 10.3. The number of rotatable bonds is 6. The van der Waals surface area contributed by atoms with Gasteiger partial charge in [-0.15, -0.1) is 11.3 Å². The van der Waals surface area contributed by atoms with Gasteiger partial charge in [0.25, 0.3) is 0 Å². The highest BCUT2D eigenvalue weighted by atomic mass is 32.1. The summed E-state index contributed by atoms with van der Waals surface area (Å²) in [5.74, 6) is -0.361. The first-order valence-electron chi connectivity index (χ1n) is 6.87. The van der Waals surface area contributed by atoms with Gasteiger partial charge >= 0.3 is 5.97 Å².